The Hall–Kier alpha value is -1.91. The maximum absolute atomic E-state index is 2.51. The largest absolute Gasteiger partial charge is 0.135 e. The molecule has 0 aliphatic carbocycles. The van der Waals surface area contributed by atoms with Gasteiger partial charge in [0.25, 0.3) is 0 Å². The van der Waals surface area contributed by atoms with E-state index in [1.807, 2.05) is 0 Å². The summed E-state index contributed by atoms with van der Waals surface area (Å²) in [6.07, 6.45) is 0. The summed E-state index contributed by atoms with van der Waals surface area (Å²) in [5.74, 6) is 0. The highest BCUT2D eigenvalue weighted by atomic mass is 29.2. The number of hydrogen-bond donors (Lipinski definition) is 0. The average Bonchev–Trinajstić information content (AvgIpc) is 2.58. The van der Waals surface area contributed by atoms with E-state index in [4.69, 9.17) is 0 Å². The van der Waals surface area contributed by atoms with Crippen molar-refractivity contribution < 1.29 is 0 Å². The fraction of sp³-hybridized carbons (Fsp3) is 0.100. The van der Waals surface area contributed by atoms with E-state index in [1.165, 1.54) is 0 Å². The van der Waals surface area contributed by atoms with Crippen LogP contribution >= 0.6 is 0 Å². The first-order valence-corrected chi connectivity index (χ1v) is 14.0. The lowest BCUT2D eigenvalue weighted by molar-refractivity contribution is 1.69. The summed E-state index contributed by atoms with van der Waals surface area (Å²) in [5.41, 5.74) is 0. The van der Waals surface area contributed by atoms with Crippen molar-refractivity contribution in [3.05, 3.63) is 91.0 Å². The standard InChI is InChI=1S/C20H22Si2/c1-21(2)22(18-12-6-3-7-13-18,19-14-8-4-9-15-19)20-16-10-5-11-17-20/h3-17,21H,1-2H3. The molecule has 0 spiro atoms. The first-order chi connectivity index (χ1) is 10.8. The van der Waals surface area contributed by atoms with Crippen molar-refractivity contribution in [2.45, 2.75) is 13.1 Å². The lowest BCUT2D eigenvalue weighted by Gasteiger charge is -2.37. The number of hydrogen-bond acceptors (Lipinski definition) is 0. The van der Waals surface area contributed by atoms with E-state index >= 15 is 0 Å². The Morgan fingerprint density at radius 2 is 0.773 bits per heavy atom. The van der Waals surface area contributed by atoms with Crippen molar-refractivity contribution in [3.63, 3.8) is 0 Å². The van der Waals surface area contributed by atoms with Crippen molar-refractivity contribution >= 4 is 31.5 Å². The lowest BCUT2D eigenvalue weighted by Crippen LogP contribution is -2.74. The third kappa shape index (κ3) is 2.49. The first-order valence-electron chi connectivity index (χ1n) is 7.93. The zero-order valence-electron chi connectivity index (χ0n) is 13.2. The van der Waals surface area contributed by atoms with Crippen LogP contribution in [0, 0.1) is 0 Å². The maximum atomic E-state index is 2.51. The van der Waals surface area contributed by atoms with Gasteiger partial charge in [-0.2, -0.15) is 0 Å². The van der Waals surface area contributed by atoms with Crippen LogP contribution in [0.25, 0.3) is 0 Å². The topological polar surface area (TPSA) is 0 Å². The molecule has 0 amide bonds. The SMILES string of the molecule is C[SiH](C)[Si](c1ccccc1)(c1ccccc1)c1ccccc1. The van der Waals surface area contributed by atoms with E-state index in [0.717, 1.165) is 0 Å². The minimum absolute atomic E-state index is 0.962. The van der Waals surface area contributed by atoms with Crippen LogP contribution < -0.4 is 15.6 Å². The summed E-state index contributed by atoms with van der Waals surface area (Å²) in [6, 6.07) is 33.6. The molecule has 3 aromatic rings. The van der Waals surface area contributed by atoms with E-state index in [2.05, 4.69) is 104 Å². The van der Waals surface area contributed by atoms with E-state index < -0.39 is 15.9 Å². The van der Waals surface area contributed by atoms with Gasteiger partial charge in [-0.15, -0.1) is 0 Å². The van der Waals surface area contributed by atoms with E-state index in [0.29, 0.717) is 0 Å². The molecule has 0 radical (unpaired) electrons. The summed E-state index contributed by atoms with van der Waals surface area (Å²) in [4.78, 5) is 0. The second-order valence-electron chi connectivity index (χ2n) is 6.06. The molecular formula is C20H22Si2. The van der Waals surface area contributed by atoms with Crippen LogP contribution in [0.1, 0.15) is 0 Å². The molecular weight excluding hydrogens is 296 g/mol. The molecule has 0 aliphatic rings. The van der Waals surface area contributed by atoms with Crippen molar-refractivity contribution in [2.24, 2.45) is 0 Å². The minimum atomic E-state index is -1.86. The van der Waals surface area contributed by atoms with Gasteiger partial charge in [0.2, 0.25) is 0 Å². The highest BCUT2D eigenvalue weighted by Gasteiger charge is 2.42. The summed E-state index contributed by atoms with van der Waals surface area (Å²) in [7, 11) is -2.82. The van der Waals surface area contributed by atoms with Crippen molar-refractivity contribution in [1.82, 2.24) is 0 Å². The minimum Gasteiger partial charge on any atom is -0.0731 e. The van der Waals surface area contributed by atoms with E-state index in [9.17, 15) is 0 Å². The van der Waals surface area contributed by atoms with E-state index in [-0.39, 0.29) is 0 Å². The molecule has 0 nitrogen and oxygen atoms in total. The summed E-state index contributed by atoms with van der Waals surface area (Å²) in [6.45, 7) is 5.03. The van der Waals surface area contributed by atoms with Crippen LogP contribution in [-0.4, -0.2) is 15.9 Å². The molecule has 0 saturated carbocycles. The Bertz CT molecular complexity index is 610. The fourth-order valence-electron chi connectivity index (χ4n) is 3.60. The Morgan fingerprint density at radius 3 is 1.00 bits per heavy atom. The molecule has 0 fully saturated rings. The molecule has 0 aromatic heterocycles. The quantitative estimate of drug-likeness (QED) is 0.512. The summed E-state index contributed by atoms with van der Waals surface area (Å²) < 4.78 is 0. The van der Waals surface area contributed by atoms with Gasteiger partial charge in [-0.1, -0.05) is 120 Å². The van der Waals surface area contributed by atoms with E-state index in [1.54, 1.807) is 15.6 Å². The molecule has 22 heavy (non-hydrogen) atoms. The van der Waals surface area contributed by atoms with Gasteiger partial charge in [0.05, 0.1) is 0 Å². The molecule has 0 N–H and O–H groups in total. The van der Waals surface area contributed by atoms with Gasteiger partial charge in [0.1, 0.15) is 7.59 Å². The second-order valence-corrected chi connectivity index (χ2v) is 17.8. The van der Waals surface area contributed by atoms with Gasteiger partial charge in [0, 0.05) is 8.31 Å². The molecule has 3 aromatic carbocycles. The molecule has 0 heterocycles. The van der Waals surface area contributed by atoms with Gasteiger partial charge in [-0.05, 0) is 0 Å². The highest BCUT2D eigenvalue weighted by Crippen LogP contribution is 2.11. The number of rotatable bonds is 4. The Balaban J connectivity index is 2.34. The second kappa shape index (κ2) is 6.47. The fourth-order valence-corrected chi connectivity index (χ4v) is 16.5. The van der Waals surface area contributed by atoms with Gasteiger partial charge >= 0.3 is 0 Å². The normalized spacial score (nSPS) is 11.6. The molecule has 0 atom stereocenters. The smallest absolute Gasteiger partial charge is 0.0731 e. The van der Waals surface area contributed by atoms with Crippen LogP contribution in [0.2, 0.25) is 13.1 Å². The molecule has 0 bridgehead atoms. The maximum Gasteiger partial charge on any atom is 0.135 e. The lowest BCUT2D eigenvalue weighted by atomic mass is 10.3. The average molecular weight is 319 g/mol. The molecule has 110 valence electrons. The predicted molar refractivity (Wildman–Crippen MR) is 103 cm³/mol. The van der Waals surface area contributed by atoms with Gasteiger partial charge in [0.15, 0.2) is 0 Å². The predicted octanol–water partition coefficient (Wildman–Crippen LogP) is 2.72. The van der Waals surface area contributed by atoms with Crippen LogP contribution in [0.3, 0.4) is 0 Å². The summed E-state index contributed by atoms with van der Waals surface area (Å²) in [5, 5.41) is 4.65. The van der Waals surface area contributed by atoms with Crippen molar-refractivity contribution in [3.8, 4) is 0 Å². The molecule has 0 unspecified atom stereocenters. The third-order valence-electron chi connectivity index (χ3n) is 4.55. The monoisotopic (exact) mass is 318 g/mol. The van der Waals surface area contributed by atoms with Crippen LogP contribution in [0.15, 0.2) is 91.0 Å². The number of benzene rings is 3. The molecule has 3 rings (SSSR count). The van der Waals surface area contributed by atoms with Crippen molar-refractivity contribution in [1.29, 1.82) is 0 Å². The van der Waals surface area contributed by atoms with Crippen LogP contribution in [0.4, 0.5) is 0 Å². The molecule has 2 heteroatoms. The summed E-state index contributed by atoms with van der Waals surface area (Å²) >= 11 is 0. The molecule has 0 saturated heterocycles. The van der Waals surface area contributed by atoms with Gasteiger partial charge in [-0.3, -0.25) is 0 Å². The zero-order chi connectivity index (χ0) is 15.4. The van der Waals surface area contributed by atoms with Gasteiger partial charge < -0.3 is 0 Å². The van der Waals surface area contributed by atoms with Crippen LogP contribution in [-0.2, 0) is 0 Å². The Morgan fingerprint density at radius 1 is 0.500 bits per heavy atom. The Labute approximate surface area is 135 Å². The van der Waals surface area contributed by atoms with Gasteiger partial charge in [-0.25, -0.2) is 0 Å². The van der Waals surface area contributed by atoms with Crippen molar-refractivity contribution in [2.75, 3.05) is 0 Å². The first kappa shape index (κ1) is 15.0. The zero-order valence-corrected chi connectivity index (χ0v) is 15.4. The Kier molecular flexibility index (Phi) is 4.41. The third-order valence-corrected chi connectivity index (χ3v) is 18.2. The molecule has 0 aliphatic heterocycles. The van der Waals surface area contributed by atoms with Crippen LogP contribution in [0.5, 0.6) is 0 Å². The highest BCUT2D eigenvalue weighted by molar-refractivity contribution is 7.49.